The van der Waals surface area contributed by atoms with Crippen LogP contribution in [-0.2, 0) is 15.2 Å². The number of aliphatic imine (C=N–C) groups is 1. The Labute approximate surface area is 267 Å². The van der Waals surface area contributed by atoms with Gasteiger partial charge in [0.1, 0.15) is 0 Å². The molecule has 2 unspecified atom stereocenters. The van der Waals surface area contributed by atoms with Crippen LogP contribution in [0.3, 0.4) is 0 Å². The average Bonchev–Trinajstić information content (AvgIpc) is 3.76. The Morgan fingerprint density at radius 1 is 0.778 bits per heavy atom. The monoisotopic (exact) mass is 633 g/mol. The summed E-state index contributed by atoms with van der Waals surface area (Å²) >= 11 is 7.72. The maximum absolute atomic E-state index is 14.6. The molecule has 0 bridgehead atoms. The predicted octanol–water partition coefficient (Wildman–Crippen LogP) is 5.50. The van der Waals surface area contributed by atoms with Crippen LogP contribution in [0.15, 0.2) is 119 Å². The first-order valence-electron chi connectivity index (χ1n) is 14.4. The summed E-state index contributed by atoms with van der Waals surface area (Å²) in [5, 5.41) is 8.59. The number of benzene rings is 4. The van der Waals surface area contributed by atoms with E-state index in [1.165, 1.54) is 11.8 Å². The van der Waals surface area contributed by atoms with Crippen molar-refractivity contribution in [3.05, 3.63) is 142 Å². The minimum absolute atomic E-state index is 0.0105. The molecule has 11 heteroatoms. The highest BCUT2D eigenvalue weighted by molar-refractivity contribution is 8.15. The molecule has 0 spiro atoms. The Hall–Kier alpha value is -4.77. The van der Waals surface area contributed by atoms with Crippen molar-refractivity contribution < 1.29 is 19.2 Å². The van der Waals surface area contributed by atoms with E-state index in [4.69, 9.17) is 26.5 Å². The van der Waals surface area contributed by atoms with Crippen LogP contribution < -0.4 is 0 Å². The van der Waals surface area contributed by atoms with Gasteiger partial charge in [-0.05, 0) is 41.0 Å². The van der Waals surface area contributed by atoms with E-state index in [-0.39, 0.29) is 30.4 Å². The Morgan fingerprint density at radius 2 is 1.36 bits per heavy atom. The van der Waals surface area contributed by atoms with E-state index >= 15 is 0 Å². The predicted molar refractivity (Wildman–Crippen MR) is 171 cm³/mol. The van der Waals surface area contributed by atoms with Gasteiger partial charge in [0.15, 0.2) is 16.5 Å². The first kappa shape index (κ1) is 27.8. The number of amides is 3. The molecule has 45 heavy (non-hydrogen) atoms. The molecule has 0 saturated carbocycles. The van der Waals surface area contributed by atoms with Gasteiger partial charge >= 0.3 is 0 Å². The largest absolute Gasteiger partial charge is 0.285 e. The number of hydrogen-bond acceptors (Lipinski definition) is 8. The summed E-state index contributed by atoms with van der Waals surface area (Å²) in [6, 6.07) is 33.1. The lowest BCUT2D eigenvalue weighted by Gasteiger charge is -2.28. The molecule has 9 nitrogen and oxygen atoms in total. The van der Waals surface area contributed by atoms with Crippen molar-refractivity contribution in [2.75, 3.05) is 13.2 Å². The van der Waals surface area contributed by atoms with Gasteiger partial charge in [-0.3, -0.25) is 24.2 Å². The molecule has 4 heterocycles. The number of amidine groups is 2. The summed E-state index contributed by atoms with van der Waals surface area (Å²) in [4.78, 5) is 52.8. The number of rotatable bonds is 7. The molecule has 0 N–H and O–H groups in total. The first-order valence-corrected chi connectivity index (χ1v) is 15.7. The molecule has 1 saturated heterocycles. The van der Waals surface area contributed by atoms with Crippen molar-refractivity contribution in [3.63, 3.8) is 0 Å². The molecule has 4 aliphatic rings. The van der Waals surface area contributed by atoms with Crippen LogP contribution in [-0.4, -0.2) is 62.1 Å². The lowest BCUT2D eigenvalue weighted by Crippen LogP contribution is -2.43. The van der Waals surface area contributed by atoms with Gasteiger partial charge in [0.05, 0.1) is 35.6 Å². The Bertz CT molecular complexity index is 1840. The maximum Gasteiger partial charge on any atom is 0.285 e. The van der Waals surface area contributed by atoms with Crippen LogP contribution in [0, 0.1) is 0 Å². The smallest absolute Gasteiger partial charge is 0.284 e. The number of hydroxylamine groups is 2. The zero-order valence-corrected chi connectivity index (χ0v) is 25.2. The van der Waals surface area contributed by atoms with Gasteiger partial charge in [-0.25, -0.2) is 9.89 Å². The lowest BCUT2D eigenvalue weighted by molar-refractivity contribution is -0.127. The van der Waals surface area contributed by atoms with Gasteiger partial charge in [-0.1, -0.05) is 108 Å². The van der Waals surface area contributed by atoms with E-state index in [9.17, 15) is 14.4 Å². The summed E-state index contributed by atoms with van der Waals surface area (Å²) in [5.74, 6) is -0.598. The second kappa shape index (κ2) is 10.7. The quantitative estimate of drug-likeness (QED) is 0.250. The molecule has 222 valence electrons. The van der Waals surface area contributed by atoms with Crippen molar-refractivity contribution in [2.45, 2.75) is 16.8 Å². The van der Waals surface area contributed by atoms with Crippen LogP contribution >= 0.6 is 23.4 Å². The molecule has 0 aromatic heterocycles. The van der Waals surface area contributed by atoms with E-state index < -0.39 is 17.4 Å². The van der Waals surface area contributed by atoms with Gasteiger partial charge < -0.3 is 0 Å². The number of nitrogens with zero attached hydrogens (tertiary/aromatic N) is 5. The number of carbonyl (C=O) groups excluding carboxylic acids is 3. The number of carbonyl (C=O) groups is 3. The molecule has 1 fully saturated rings. The Kier molecular flexibility index (Phi) is 6.59. The number of hydrazone groups is 1. The van der Waals surface area contributed by atoms with E-state index in [1.54, 1.807) is 29.2 Å². The van der Waals surface area contributed by atoms with E-state index in [0.29, 0.717) is 27.2 Å². The van der Waals surface area contributed by atoms with Crippen LogP contribution in [0.1, 0.15) is 43.4 Å². The third kappa shape index (κ3) is 4.24. The average molecular weight is 634 g/mol. The maximum atomic E-state index is 14.6. The molecular weight excluding hydrogens is 610 g/mol. The van der Waals surface area contributed by atoms with Gasteiger partial charge in [0.25, 0.3) is 17.7 Å². The number of thioether (sulfide) groups is 1. The van der Waals surface area contributed by atoms with Gasteiger partial charge in [-0.15, -0.1) is 5.06 Å². The van der Waals surface area contributed by atoms with Gasteiger partial charge in [-0.2, -0.15) is 5.10 Å². The number of hydrogen-bond donors (Lipinski definition) is 0. The summed E-state index contributed by atoms with van der Waals surface area (Å²) in [6.45, 7) is 0.259. The second-order valence-electron chi connectivity index (χ2n) is 10.9. The van der Waals surface area contributed by atoms with Gasteiger partial charge in [0.2, 0.25) is 0 Å². The summed E-state index contributed by atoms with van der Waals surface area (Å²) in [7, 11) is 0. The van der Waals surface area contributed by atoms with Gasteiger partial charge in [0, 0.05) is 5.02 Å². The van der Waals surface area contributed by atoms with E-state index in [0.717, 1.165) is 21.8 Å². The molecule has 0 radical (unpaired) electrons. The second-order valence-corrected chi connectivity index (χ2v) is 12.5. The zero-order chi connectivity index (χ0) is 30.7. The van der Waals surface area contributed by atoms with E-state index in [2.05, 4.69) is 0 Å². The number of imide groups is 1. The molecule has 8 rings (SSSR count). The molecule has 4 aromatic rings. The van der Waals surface area contributed by atoms with Crippen molar-refractivity contribution >= 4 is 52.1 Å². The molecule has 2 atom stereocenters. The Morgan fingerprint density at radius 3 is 1.96 bits per heavy atom. The molecule has 0 aliphatic carbocycles. The van der Waals surface area contributed by atoms with Crippen LogP contribution in [0.25, 0.3) is 0 Å². The minimum atomic E-state index is -1.24. The first-order chi connectivity index (χ1) is 22.0. The topological polar surface area (TPSA) is 94.9 Å². The number of halogens is 1. The molecular formula is C34H24ClN5O4S. The van der Waals surface area contributed by atoms with Crippen LogP contribution in [0.2, 0.25) is 5.02 Å². The van der Waals surface area contributed by atoms with Crippen molar-refractivity contribution in [3.8, 4) is 0 Å². The zero-order valence-electron chi connectivity index (χ0n) is 23.6. The summed E-state index contributed by atoms with van der Waals surface area (Å²) in [5.41, 5.74) is 1.89. The van der Waals surface area contributed by atoms with E-state index in [1.807, 2.05) is 89.9 Å². The highest BCUT2D eigenvalue weighted by Crippen LogP contribution is 2.51. The molecule has 4 aliphatic heterocycles. The normalized spacial score (nSPS) is 21.2. The fourth-order valence-electron chi connectivity index (χ4n) is 6.33. The Balaban J connectivity index is 1.12. The van der Waals surface area contributed by atoms with Crippen molar-refractivity contribution in [2.24, 2.45) is 10.1 Å². The molecule has 3 amide bonds. The number of fused-ring (bicyclic) bond motifs is 4. The van der Waals surface area contributed by atoms with Crippen LogP contribution in [0.5, 0.6) is 0 Å². The SMILES string of the molecule is O=C1c2ccccc2C(=O)N1OCCN1N=C2C(SC3=NC(c4ccccc4)(c4ccccc4)C(=O)N32)C1c1ccc(Cl)cc1. The summed E-state index contributed by atoms with van der Waals surface area (Å²) < 4.78 is 0. The fourth-order valence-corrected chi connectivity index (χ4v) is 7.84. The highest BCUT2D eigenvalue weighted by atomic mass is 35.5. The minimum Gasteiger partial charge on any atom is -0.284 e. The fraction of sp³-hybridized carbons (Fsp3) is 0.147. The highest BCUT2D eigenvalue weighted by Gasteiger charge is 2.60. The standard InChI is InChI=1S/C34H24ClN5O4S/c35-24-17-15-21(16-18-24)27-28-29(37-38(27)19-20-44-40-30(41)25-13-7-8-14-26(25)31(40)42)39-32(43)34(36-33(39)45-28,22-9-3-1-4-10-22)23-11-5-2-6-12-23/h1-18,27-28H,19-20H2. The third-order valence-corrected chi connectivity index (χ3v) is 9.87. The molecule has 4 aromatic carbocycles. The lowest BCUT2D eigenvalue weighted by atomic mass is 9.83. The third-order valence-electron chi connectivity index (χ3n) is 8.41. The van der Waals surface area contributed by atoms with Crippen molar-refractivity contribution in [1.82, 2.24) is 15.0 Å². The van der Waals surface area contributed by atoms with Crippen molar-refractivity contribution in [1.29, 1.82) is 0 Å². The summed E-state index contributed by atoms with van der Waals surface area (Å²) in [6.07, 6.45) is 0. The van der Waals surface area contributed by atoms with Crippen LogP contribution in [0.4, 0.5) is 0 Å².